The number of pyridine rings is 1. The molecule has 3 aromatic rings. The number of benzene rings is 2. The van der Waals surface area contributed by atoms with Crippen molar-refractivity contribution in [3.63, 3.8) is 0 Å². The number of anilines is 2. The van der Waals surface area contributed by atoms with Gasteiger partial charge in [-0.05, 0) is 30.7 Å². The SMILES string of the molecule is Cc1ccccc1Nc1cc(C(=O)O)c2ccccc2n1. The standard InChI is InChI=1S/C17H14N2O2/c1-11-6-2-4-8-14(11)18-16-10-13(17(20)21)12-7-3-5-9-15(12)19-16/h2-10H,1H3,(H,18,19)(H,20,21). The van der Waals surface area contributed by atoms with Gasteiger partial charge in [-0.15, -0.1) is 0 Å². The molecule has 0 aliphatic carbocycles. The summed E-state index contributed by atoms with van der Waals surface area (Å²) in [5.74, 6) is -0.429. The van der Waals surface area contributed by atoms with Gasteiger partial charge in [-0.3, -0.25) is 0 Å². The highest BCUT2D eigenvalue weighted by Crippen LogP contribution is 2.24. The van der Waals surface area contributed by atoms with Crippen molar-refractivity contribution in [1.29, 1.82) is 0 Å². The van der Waals surface area contributed by atoms with E-state index in [9.17, 15) is 9.90 Å². The van der Waals surface area contributed by atoms with Gasteiger partial charge in [0.1, 0.15) is 5.82 Å². The Morgan fingerprint density at radius 3 is 2.57 bits per heavy atom. The summed E-state index contributed by atoms with van der Waals surface area (Å²) >= 11 is 0. The number of aryl methyl sites for hydroxylation is 1. The van der Waals surface area contributed by atoms with Crippen molar-refractivity contribution in [1.82, 2.24) is 4.98 Å². The molecule has 0 amide bonds. The molecule has 0 fully saturated rings. The van der Waals surface area contributed by atoms with Crippen LogP contribution >= 0.6 is 0 Å². The van der Waals surface area contributed by atoms with Crippen LogP contribution in [-0.2, 0) is 0 Å². The first-order valence-corrected chi connectivity index (χ1v) is 6.61. The highest BCUT2D eigenvalue weighted by Gasteiger charge is 2.11. The molecule has 4 nitrogen and oxygen atoms in total. The lowest BCUT2D eigenvalue weighted by atomic mass is 10.1. The first-order chi connectivity index (χ1) is 10.1. The smallest absolute Gasteiger partial charge is 0.336 e. The third kappa shape index (κ3) is 2.56. The minimum absolute atomic E-state index is 0.247. The molecule has 0 saturated carbocycles. The van der Waals surface area contributed by atoms with E-state index in [4.69, 9.17) is 0 Å². The van der Waals surface area contributed by atoms with Crippen LogP contribution in [0.4, 0.5) is 11.5 Å². The quantitative estimate of drug-likeness (QED) is 0.760. The number of carboxylic acids is 1. The van der Waals surface area contributed by atoms with Crippen molar-refractivity contribution < 1.29 is 9.90 Å². The Balaban J connectivity index is 2.11. The fourth-order valence-electron chi connectivity index (χ4n) is 2.27. The third-order valence-electron chi connectivity index (χ3n) is 3.35. The third-order valence-corrected chi connectivity index (χ3v) is 3.35. The first kappa shape index (κ1) is 13.1. The van der Waals surface area contributed by atoms with E-state index in [2.05, 4.69) is 10.3 Å². The van der Waals surface area contributed by atoms with Gasteiger partial charge in [-0.1, -0.05) is 36.4 Å². The van der Waals surface area contributed by atoms with E-state index in [0.29, 0.717) is 16.7 Å². The van der Waals surface area contributed by atoms with Gasteiger partial charge in [0.2, 0.25) is 0 Å². The number of carbonyl (C=O) groups is 1. The number of nitrogens with one attached hydrogen (secondary N) is 1. The maximum atomic E-state index is 11.4. The maximum Gasteiger partial charge on any atom is 0.336 e. The Bertz CT molecular complexity index is 828. The summed E-state index contributed by atoms with van der Waals surface area (Å²) in [6.07, 6.45) is 0. The Morgan fingerprint density at radius 2 is 1.81 bits per heavy atom. The summed E-state index contributed by atoms with van der Waals surface area (Å²) in [5, 5.41) is 13.2. The zero-order chi connectivity index (χ0) is 14.8. The van der Waals surface area contributed by atoms with Crippen LogP contribution in [0.3, 0.4) is 0 Å². The molecule has 104 valence electrons. The minimum atomic E-state index is -0.957. The van der Waals surface area contributed by atoms with E-state index in [0.717, 1.165) is 11.3 Å². The molecule has 21 heavy (non-hydrogen) atoms. The zero-order valence-electron chi connectivity index (χ0n) is 11.5. The number of carboxylic acid groups (broad SMARTS) is 1. The van der Waals surface area contributed by atoms with Crippen molar-refractivity contribution in [2.75, 3.05) is 5.32 Å². The van der Waals surface area contributed by atoms with Crippen molar-refractivity contribution >= 4 is 28.4 Å². The Labute approximate surface area is 122 Å². The molecular formula is C17H14N2O2. The number of para-hydroxylation sites is 2. The van der Waals surface area contributed by atoms with Gasteiger partial charge in [0, 0.05) is 11.1 Å². The molecule has 4 heteroatoms. The van der Waals surface area contributed by atoms with Gasteiger partial charge in [0.25, 0.3) is 0 Å². The van der Waals surface area contributed by atoms with Crippen LogP contribution < -0.4 is 5.32 Å². The topological polar surface area (TPSA) is 62.2 Å². The normalized spacial score (nSPS) is 10.5. The van der Waals surface area contributed by atoms with Crippen LogP contribution in [-0.4, -0.2) is 16.1 Å². The van der Waals surface area contributed by atoms with E-state index in [1.807, 2.05) is 49.4 Å². The second-order valence-corrected chi connectivity index (χ2v) is 4.82. The minimum Gasteiger partial charge on any atom is -0.478 e. The lowest BCUT2D eigenvalue weighted by Crippen LogP contribution is -2.02. The van der Waals surface area contributed by atoms with Crippen LogP contribution in [0, 0.1) is 6.92 Å². The zero-order valence-corrected chi connectivity index (χ0v) is 11.5. The largest absolute Gasteiger partial charge is 0.478 e. The Morgan fingerprint density at radius 1 is 1.10 bits per heavy atom. The molecule has 0 aliphatic heterocycles. The van der Waals surface area contributed by atoms with Gasteiger partial charge in [0.15, 0.2) is 0 Å². The van der Waals surface area contributed by atoms with Gasteiger partial charge in [0.05, 0.1) is 11.1 Å². The van der Waals surface area contributed by atoms with Crippen LogP contribution in [0.2, 0.25) is 0 Å². The molecule has 3 rings (SSSR count). The fourth-order valence-corrected chi connectivity index (χ4v) is 2.27. The fraction of sp³-hybridized carbons (Fsp3) is 0.0588. The van der Waals surface area contributed by atoms with Crippen molar-refractivity contribution in [3.05, 3.63) is 65.7 Å². The number of nitrogens with zero attached hydrogens (tertiary/aromatic N) is 1. The monoisotopic (exact) mass is 278 g/mol. The van der Waals surface area contributed by atoms with Crippen molar-refractivity contribution in [2.45, 2.75) is 6.92 Å². The van der Waals surface area contributed by atoms with Crippen LogP contribution in [0.1, 0.15) is 15.9 Å². The average Bonchev–Trinajstić information content (AvgIpc) is 2.48. The molecule has 0 radical (unpaired) electrons. The molecule has 0 atom stereocenters. The van der Waals surface area contributed by atoms with Crippen LogP contribution in [0.15, 0.2) is 54.6 Å². The highest BCUT2D eigenvalue weighted by atomic mass is 16.4. The summed E-state index contributed by atoms with van der Waals surface area (Å²) in [4.78, 5) is 15.9. The number of aromatic nitrogens is 1. The van der Waals surface area contributed by atoms with E-state index in [-0.39, 0.29) is 5.56 Å². The number of hydrogen-bond acceptors (Lipinski definition) is 3. The Kier molecular flexibility index (Phi) is 3.28. The number of rotatable bonds is 3. The lowest BCUT2D eigenvalue weighted by Gasteiger charge is -2.11. The van der Waals surface area contributed by atoms with E-state index >= 15 is 0 Å². The molecule has 1 heterocycles. The number of fused-ring (bicyclic) bond motifs is 1. The van der Waals surface area contributed by atoms with Crippen molar-refractivity contribution in [2.24, 2.45) is 0 Å². The summed E-state index contributed by atoms with van der Waals surface area (Å²) < 4.78 is 0. The molecule has 2 N–H and O–H groups in total. The molecule has 0 bridgehead atoms. The number of aromatic carboxylic acids is 1. The molecule has 0 unspecified atom stereocenters. The molecule has 0 aliphatic rings. The van der Waals surface area contributed by atoms with Gasteiger partial charge >= 0.3 is 5.97 Å². The second-order valence-electron chi connectivity index (χ2n) is 4.82. The Hall–Kier alpha value is -2.88. The maximum absolute atomic E-state index is 11.4. The van der Waals surface area contributed by atoms with Gasteiger partial charge < -0.3 is 10.4 Å². The predicted octanol–water partition coefficient (Wildman–Crippen LogP) is 3.99. The molecule has 1 aromatic heterocycles. The molecule has 2 aromatic carbocycles. The van der Waals surface area contributed by atoms with E-state index < -0.39 is 5.97 Å². The van der Waals surface area contributed by atoms with Gasteiger partial charge in [-0.25, -0.2) is 9.78 Å². The molecular weight excluding hydrogens is 264 g/mol. The highest BCUT2D eigenvalue weighted by molar-refractivity contribution is 6.03. The number of hydrogen-bond donors (Lipinski definition) is 2. The molecule has 0 spiro atoms. The second kappa shape index (κ2) is 5.25. The predicted molar refractivity (Wildman–Crippen MR) is 83.2 cm³/mol. The summed E-state index contributed by atoms with van der Waals surface area (Å²) in [6, 6.07) is 16.6. The summed E-state index contributed by atoms with van der Waals surface area (Å²) in [5.41, 5.74) is 2.89. The van der Waals surface area contributed by atoms with Crippen LogP contribution in [0.25, 0.3) is 10.9 Å². The van der Waals surface area contributed by atoms with Crippen molar-refractivity contribution in [3.8, 4) is 0 Å². The molecule has 0 saturated heterocycles. The van der Waals surface area contributed by atoms with Crippen LogP contribution in [0.5, 0.6) is 0 Å². The summed E-state index contributed by atoms with van der Waals surface area (Å²) in [6.45, 7) is 1.99. The van der Waals surface area contributed by atoms with Gasteiger partial charge in [-0.2, -0.15) is 0 Å². The van der Waals surface area contributed by atoms with E-state index in [1.54, 1.807) is 12.1 Å². The lowest BCUT2D eigenvalue weighted by molar-refractivity contribution is 0.0699. The first-order valence-electron chi connectivity index (χ1n) is 6.61. The summed E-state index contributed by atoms with van der Waals surface area (Å²) in [7, 11) is 0. The average molecular weight is 278 g/mol. The van der Waals surface area contributed by atoms with E-state index in [1.165, 1.54) is 0 Å².